The van der Waals surface area contributed by atoms with E-state index in [2.05, 4.69) is 27.1 Å². The number of nitrogens with zero attached hydrogens (tertiary/aromatic N) is 6. The fourth-order valence-corrected chi connectivity index (χ4v) is 3.59. The third-order valence-electron chi connectivity index (χ3n) is 5.20. The summed E-state index contributed by atoms with van der Waals surface area (Å²) >= 11 is 6.11. The molecule has 4 N–H and O–H groups in total. The van der Waals surface area contributed by atoms with Gasteiger partial charge in [-0.15, -0.1) is 0 Å². The second-order valence-corrected chi connectivity index (χ2v) is 7.78. The lowest BCUT2D eigenvalue weighted by Crippen LogP contribution is -2.49. The normalized spacial score (nSPS) is 13.5. The van der Waals surface area contributed by atoms with Crippen LogP contribution in [0.2, 0.25) is 5.02 Å². The van der Waals surface area contributed by atoms with E-state index >= 15 is 0 Å². The van der Waals surface area contributed by atoms with Gasteiger partial charge < -0.3 is 21.3 Å². The molecule has 0 radical (unpaired) electrons. The number of anilines is 1. The summed E-state index contributed by atoms with van der Waals surface area (Å²) in [7, 11) is 0. The number of nitrogens with two attached hydrogens (primary N) is 2. The largest absolute Gasteiger partial charge is 0.368 e. The number of halogens is 1. The standard InChI is InChI=1S/C20H19ClN6O.C2H8N2/c1-14-11-15(4-5-17(14)21)25-7-9-26(10-8-25)19(28)13-27-20-16(3-2-6-23-20)18(12-22)24-27;3-1-2-4/h2-6,11H,7-10,13H2,1H3;1-4H2. The lowest BCUT2D eigenvalue weighted by Gasteiger charge is -2.36. The van der Waals surface area contributed by atoms with Gasteiger partial charge in [0.1, 0.15) is 12.6 Å². The van der Waals surface area contributed by atoms with Crippen LogP contribution in [0.4, 0.5) is 5.69 Å². The number of nitriles is 1. The molecule has 1 aliphatic rings. The molecule has 1 fully saturated rings. The topological polar surface area (TPSA) is 130 Å². The average Bonchev–Trinajstić information content (AvgIpc) is 3.18. The lowest BCUT2D eigenvalue weighted by atomic mass is 10.2. The first-order chi connectivity index (χ1) is 15.5. The Balaban J connectivity index is 0.000000668. The highest BCUT2D eigenvalue weighted by Gasteiger charge is 2.23. The third kappa shape index (κ3) is 5.34. The summed E-state index contributed by atoms with van der Waals surface area (Å²) in [6.45, 7) is 6.05. The van der Waals surface area contributed by atoms with Gasteiger partial charge in [0.05, 0.1) is 5.39 Å². The van der Waals surface area contributed by atoms with Crippen molar-refractivity contribution in [3.63, 3.8) is 0 Å². The van der Waals surface area contributed by atoms with E-state index in [1.54, 1.807) is 18.3 Å². The Bertz CT molecular complexity index is 1110. The number of carbonyl (C=O) groups excluding carboxylic acids is 1. The van der Waals surface area contributed by atoms with Crippen LogP contribution in [0.5, 0.6) is 0 Å². The van der Waals surface area contributed by atoms with Gasteiger partial charge in [-0.25, -0.2) is 9.67 Å². The molecule has 0 spiro atoms. The van der Waals surface area contributed by atoms with E-state index in [0.717, 1.165) is 29.4 Å². The summed E-state index contributed by atoms with van der Waals surface area (Å²) in [6.07, 6.45) is 1.64. The van der Waals surface area contributed by atoms with Gasteiger partial charge in [-0.1, -0.05) is 11.6 Å². The van der Waals surface area contributed by atoms with Crippen molar-refractivity contribution in [3.8, 4) is 6.07 Å². The molecule has 0 bridgehead atoms. The number of carbonyl (C=O) groups is 1. The Hall–Kier alpha value is -3.19. The van der Waals surface area contributed by atoms with Gasteiger partial charge in [0.2, 0.25) is 5.91 Å². The quantitative estimate of drug-likeness (QED) is 0.611. The molecule has 1 saturated heterocycles. The molecule has 0 atom stereocenters. The summed E-state index contributed by atoms with van der Waals surface area (Å²) in [5.41, 5.74) is 12.8. The number of hydrogen-bond donors (Lipinski definition) is 2. The zero-order valence-electron chi connectivity index (χ0n) is 18.0. The maximum Gasteiger partial charge on any atom is 0.244 e. The molecule has 32 heavy (non-hydrogen) atoms. The monoisotopic (exact) mass is 454 g/mol. The van der Waals surface area contributed by atoms with Crippen molar-refractivity contribution in [1.82, 2.24) is 19.7 Å². The van der Waals surface area contributed by atoms with E-state index in [0.29, 0.717) is 42.9 Å². The Morgan fingerprint density at radius 1 is 1.19 bits per heavy atom. The summed E-state index contributed by atoms with van der Waals surface area (Å²) < 4.78 is 1.52. The van der Waals surface area contributed by atoms with Crippen molar-refractivity contribution in [2.24, 2.45) is 11.5 Å². The number of amides is 1. The number of aryl methyl sites for hydroxylation is 1. The van der Waals surface area contributed by atoms with E-state index in [-0.39, 0.29) is 12.5 Å². The first kappa shape index (κ1) is 23.5. The Kier molecular flexibility index (Phi) is 8.00. The second kappa shape index (κ2) is 10.9. The molecule has 0 aliphatic carbocycles. The maximum absolute atomic E-state index is 12.8. The summed E-state index contributed by atoms with van der Waals surface area (Å²) in [6, 6.07) is 11.6. The van der Waals surface area contributed by atoms with Crippen LogP contribution in [-0.2, 0) is 11.3 Å². The van der Waals surface area contributed by atoms with Crippen LogP contribution in [0.3, 0.4) is 0 Å². The van der Waals surface area contributed by atoms with Crippen LogP contribution >= 0.6 is 11.6 Å². The van der Waals surface area contributed by atoms with Gasteiger partial charge in [-0.2, -0.15) is 10.4 Å². The van der Waals surface area contributed by atoms with Gasteiger partial charge in [-0.05, 0) is 42.8 Å². The molecule has 3 aromatic rings. The summed E-state index contributed by atoms with van der Waals surface area (Å²) in [4.78, 5) is 21.1. The molecule has 1 amide bonds. The fraction of sp³-hybridized carbons (Fsp3) is 0.364. The second-order valence-electron chi connectivity index (χ2n) is 7.37. The van der Waals surface area contributed by atoms with Crippen LogP contribution in [-0.4, -0.2) is 64.8 Å². The number of pyridine rings is 1. The Morgan fingerprint density at radius 3 is 2.53 bits per heavy atom. The van der Waals surface area contributed by atoms with Gasteiger partial charge in [0.25, 0.3) is 0 Å². The van der Waals surface area contributed by atoms with Crippen LogP contribution in [0.15, 0.2) is 36.5 Å². The zero-order chi connectivity index (χ0) is 23.1. The van der Waals surface area contributed by atoms with Gasteiger partial charge in [0, 0.05) is 56.2 Å². The maximum atomic E-state index is 12.8. The van der Waals surface area contributed by atoms with Crippen LogP contribution in [0, 0.1) is 18.3 Å². The van der Waals surface area contributed by atoms with Crippen LogP contribution < -0.4 is 16.4 Å². The highest BCUT2D eigenvalue weighted by molar-refractivity contribution is 6.31. The number of aromatic nitrogens is 3. The highest BCUT2D eigenvalue weighted by atomic mass is 35.5. The average molecular weight is 455 g/mol. The van der Waals surface area contributed by atoms with Crippen LogP contribution in [0.1, 0.15) is 11.3 Å². The molecule has 9 nitrogen and oxygen atoms in total. The SMILES string of the molecule is Cc1cc(N2CCN(C(=O)Cn3nc(C#N)c4cccnc43)CC2)ccc1Cl.NCCN. The fourth-order valence-electron chi connectivity index (χ4n) is 3.47. The van der Waals surface area contributed by atoms with Crippen molar-refractivity contribution < 1.29 is 4.79 Å². The van der Waals surface area contributed by atoms with Crippen molar-refractivity contribution in [3.05, 3.63) is 52.8 Å². The number of hydrogen-bond acceptors (Lipinski definition) is 7. The van der Waals surface area contributed by atoms with E-state index in [9.17, 15) is 10.1 Å². The molecule has 3 heterocycles. The molecule has 168 valence electrons. The predicted molar refractivity (Wildman–Crippen MR) is 125 cm³/mol. The molecular weight excluding hydrogens is 428 g/mol. The Morgan fingerprint density at radius 2 is 1.91 bits per heavy atom. The van der Waals surface area contributed by atoms with Crippen LogP contribution in [0.25, 0.3) is 11.0 Å². The number of benzene rings is 1. The minimum Gasteiger partial charge on any atom is -0.368 e. The van der Waals surface area contributed by atoms with Gasteiger partial charge in [-0.3, -0.25) is 4.79 Å². The highest BCUT2D eigenvalue weighted by Crippen LogP contribution is 2.23. The first-order valence-electron chi connectivity index (χ1n) is 10.4. The number of piperazine rings is 1. The minimum atomic E-state index is -0.0218. The third-order valence-corrected chi connectivity index (χ3v) is 5.63. The van der Waals surface area contributed by atoms with E-state index in [1.807, 2.05) is 24.0 Å². The van der Waals surface area contributed by atoms with Crippen molar-refractivity contribution in [2.75, 3.05) is 44.2 Å². The minimum absolute atomic E-state index is 0.0218. The molecule has 0 saturated carbocycles. The van der Waals surface area contributed by atoms with Gasteiger partial charge in [0.15, 0.2) is 11.3 Å². The van der Waals surface area contributed by atoms with Crippen molar-refractivity contribution >= 4 is 34.2 Å². The molecule has 4 rings (SSSR count). The molecule has 2 aromatic heterocycles. The first-order valence-corrected chi connectivity index (χ1v) is 10.8. The predicted octanol–water partition coefficient (Wildman–Crippen LogP) is 1.52. The van der Waals surface area contributed by atoms with E-state index in [1.165, 1.54) is 4.68 Å². The van der Waals surface area contributed by atoms with Crippen molar-refractivity contribution in [1.29, 1.82) is 5.26 Å². The summed E-state index contributed by atoms with van der Waals surface area (Å²) in [5.74, 6) is -0.0218. The molecule has 10 heteroatoms. The molecule has 1 aromatic carbocycles. The summed E-state index contributed by atoms with van der Waals surface area (Å²) in [5, 5.41) is 14.9. The van der Waals surface area contributed by atoms with E-state index in [4.69, 9.17) is 23.1 Å². The number of fused-ring (bicyclic) bond motifs is 1. The zero-order valence-corrected chi connectivity index (χ0v) is 18.8. The van der Waals surface area contributed by atoms with Crippen molar-refractivity contribution in [2.45, 2.75) is 13.5 Å². The van der Waals surface area contributed by atoms with Gasteiger partial charge >= 0.3 is 0 Å². The van der Waals surface area contributed by atoms with E-state index < -0.39 is 0 Å². The molecule has 1 aliphatic heterocycles. The molecule has 0 unspecified atom stereocenters. The molecular formula is C22H27ClN8O. The Labute approximate surface area is 192 Å². The smallest absolute Gasteiger partial charge is 0.244 e. The lowest BCUT2D eigenvalue weighted by molar-refractivity contribution is -0.132. The number of rotatable bonds is 4.